The predicted molar refractivity (Wildman–Crippen MR) is 156 cm³/mol. The molecule has 7 nitrogen and oxygen atoms in total. The zero-order valence-electron chi connectivity index (χ0n) is 23.7. The monoisotopic (exact) mass is 733 g/mol. The van der Waals surface area contributed by atoms with E-state index in [0.717, 1.165) is 56.4 Å². The molecule has 43 heavy (non-hydrogen) atoms. The number of likely N-dealkylation sites (N-methyl/N-ethyl adjacent to an activating group) is 1. The van der Waals surface area contributed by atoms with Gasteiger partial charge < -0.3 is 20.1 Å². The number of nitrogens with two attached hydrogens (primary N) is 1. The van der Waals surface area contributed by atoms with Gasteiger partial charge in [0.25, 0.3) is 0 Å². The summed E-state index contributed by atoms with van der Waals surface area (Å²) in [4.78, 5) is 13.6. The Balaban J connectivity index is 0.00000300. The number of hydrogen-bond acceptors (Lipinski definition) is 8. The van der Waals surface area contributed by atoms with Crippen LogP contribution < -0.4 is 20.1 Å². The average Bonchev–Trinajstić information content (AvgIpc) is 3.62. The van der Waals surface area contributed by atoms with Crippen LogP contribution in [0.25, 0.3) is 32.1 Å². The van der Waals surface area contributed by atoms with Gasteiger partial charge in [-0.15, -0.1) is 17.2 Å². The summed E-state index contributed by atoms with van der Waals surface area (Å²) in [6.07, 6.45) is 5.03. The van der Waals surface area contributed by atoms with Crippen molar-refractivity contribution in [1.82, 2.24) is 14.9 Å². The predicted octanol–water partition coefficient (Wildman–Crippen LogP) is 6.07. The number of alkyl halides is 1. The number of benzene rings is 2. The Labute approximate surface area is 285 Å². The normalized spacial score (nSPS) is 26.6. The number of halogens is 3. The summed E-state index contributed by atoms with van der Waals surface area (Å²) in [6.45, 7) is 1.47. The Bertz CT molecular complexity index is 1740. The molecular formula is C31H30CeF3N5O2S-2. The van der Waals surface area contributed by atoms with Crippen molar-refractivity contribution in [2.75, 3.05) is 37.4 Å². The molecule has 12 heteroatoms. The van der Waals surface area contributed by atoms with Crippen molar-refractivity contribution in [1.29, 1.82) is 0 Å². The molecule has 1 saturated carbocycles. The van der Waals surface area contributed by atoms with Crippen molar-refractivity contribution < 1.29 is 64.4 Å². The molecule has 3 fully saturated rings. The zero-order valence-corrected chi connectivity index (χ0v) is 27.6. The molecule has 224 valence electrons. The van der Waals surface area contributed by atoms with Gasteiger partial charge in [-0.3, -0.25) is 9.29 Å². The van der Waals surface area contributed by atoms with Crippen LogP contribution in [0, 0.1) is 65.5 Å². The Morgan fingerprint density at radius 2 is 2.02 bits per heavy atom. The molecule has 5 heterocycles. The average molecular weight is 734 g/mol. The minimum atomic E-state index is -0.892. The minimum Gasteiger partial charge on any atom is -0.507 e. The fraction of sp³-hybridized carbons (Fsp3) is 0.484. The van der Waals surface area contributed by atoms with Gasteiger partial charge in [0.05, 0.1) is 29.0 Å². The van der Waals surface area contributed by atoms with Crippen LogP contribution in [-0.4, -0.2) is 65.5 Å². The van der Waals surface area contributed by atoms with Crippen LogP contribution in [0.4, 0.5) is 24.0 Å². The third kappa shape index (κ3) is 4.79. The number of fused-ring (bicyclic) bond motifs is 3. The van der Waals surface area contributed by atoms with Crippen LogP contribution in [0.3, 0.4) is 0 Å². The van der Waals surface area contributed by atoms with Gasteiger partial charge in [-0.1, -0.05) is 18.6 Å². The van der Waals surface area contributed by atoms with Gasteiger partial charge in [-0.2, -0.15) is 21.7 Å². The van der Waals surface area contributed by atoms with Crippen LogP contribution in [-0.2, 0) is 0 Å². The Hall–Kier alpha value is -1.93. The summed E-state index contributed by atoms with van der Waals surface area (Å²) >= 11 is 1.06. The van der Waals surface area contributed by atoms with Crippen molar-refractivity contribution in [2.45, 2.75) is 68.8 Å². The molecule has 2 saturated heterocycles. The molecule has 2 N–H and O–H groups in total. The fourth-order valence-electron chi connectivity index (χ4n) is 7.60. The fourth-order valence-corrected chi connectivity index (χ4v) is 8.40. The van der Waals surface area contributed by atoms with E-state index in [1.807, 2.05) is 7.05 Å². The maximum absolute atomic E-state index is 16.7. The largest absolute Gasteiger partial charge is 0.507 e. The van der Waals surface area contributed by atoms with Gasteiger partial charge in [0, 0.05) is 77.7 Å². The van der Waals surface area contributed by atoms with Crippen molar-refractivity contribution in [2.24, 2.45) is 0 Å². The number of aromatic nitrogens is 2. The van der Waals surface area contributed by atoms with Crippen molar-refractivity contribution >= 4 is 43.1 Å². The molecule has 2 unspecified atom stereocenters. The quantitative estimate of drug-likeness (QED) is 0.256. The number of ether oxygens (including phenoxy) is 2. The summed E-state index contributed by atoms with van der Waals surface area (Å²) in [5.41, 5.74) is 6.12. The molecule has 0 radical (unpaired) electrons. The van der Waals surface area contributed by atoms with Crippen molar-refractivity contribution in [3.05, 3.63) is 35.9 Å². The van der Waals surface area contributed by atoms with E-state index < -0.39 is 23.3 Å². The second-order valence-corrected chi connectivity index (χ2v) is 13.1. The smallest absolute Gasteiger partial charge is 0.316 e. The molecule has 8 rings (SSSR count). The van der Waals surface area contributed by atoms with Gasteiger partial charge in [-0.25, -0.2) is 13.8 Å². The van der Waals surface area contributed by atoms with Gasteiger partial charge in [0.15, 0.2) is 0 Å². The van der Waals surface area contributed by atoms with E-state index in [1.54, 1.807) is 0 Å². The number of nitrogens with zero attached hydrogens (tertiary/aromatic N) is 4. The summed E-state index contributed by atoms with van der Waals surface area (Å²) in [5, 5.41) is 1.12. The third-order valence-corrected chi connectivity index (χ3v) is 10.5. The summed E-state index contributed by atoms with van der Waals surface area (Å²) in [6, 6.07) is 9.06. The third-order valence-electron chi connectivity index (χ3n) is 9.60. The molecule has 0 bridgehead atoms. The first kappa shape index (κ1) is 29.8. The summed E-state index contributed by atoms with van der Waals surface area (Å²) in [7, 11) is 1.95. The molecule has 4 aliphatic rings. The second kappa shape index (κ2) is 11.1. The first-order chi connectivity index (χ1) is 20.3. The molecule has 0 spiro atoms. The van der Waals surface area contributed by atoms with Crippen molar-refractivity contribution in [3.8, 4) is 22.9 Å². The van der Waals surface area contributed by atoms with Crippen LogP contribution in [0.5, 0.6) is 11.8 Å². The standard InChI is InChI=1S/C31H30F3N5O2S.Ce/c1-38-21-5-2-3-6-22(21)41-23-11-18(17-7-8-20(33)28-19(17)12-24(35)42-28)26(34)27-25(23)29(38)37-30(36-27)40-15-31-9-4-10-39(31)14-16(32)13-31;/h7-8,16,21-22H,2-6,9-10,13-15,35H2,1H3;/q-2;/t16-,21?,22?,31+;/m1./s1. The molecular weight excluding hydrogens is 704 g/mol. The van der Waals surface area contributed by atoms with E-state index in [2.05, 4.69) is 26.9 Å². The summed E-state index contributed by atoms with van der Waals surface area (Å²) < 4.78 is 58.8. The van der Waals surface area contributed by atoms with E-state index in [9.17, 15) is 8.78 Å². The number of rotatable bonds is 4. The SMILES string of the molecule is CN1c2nc(OC[C@@]34CCCN3C[C@H](F)C4)nc3c(F)c(-c4ccc(F)c5sc(N)[c-]c45)[c-]c(c23)OC2CCCCC21.[Ce]. The van der Waals surface area contributed by atoms with Crippen LogP contribution in [0.15, 0.2) is 12.1 Å². The van der Waals surface area contributed by atoms with E-state index in [1.165, 1.54) is 12.1 Å². The minimum absolute atomic E-state index is 0. The van der Waals surface area contributed by atoms with Crippen LogP contribution in [0.2, 0.25) is 0 Å². The van der Waals surface area contributed by atoms with E-state index in [-0.39, 0.29) is 77.6 Å². The maximum atomic E-state index is 16.7. The topological polar surface area (TPSA) is 76.7 Å². The molecule has 1 aliphatic carbocycles. The summed E-state index contributed by atoms with van der Waals surface area (Å²) in [5.74, 6) is -0.202. The Kier molecular flexibility index (Phi) is 7.71. The molecule has 3 aliphatic heterocycles. The molecule has 4 atom stereocenters. The molecule has 2 aromatic heterocycles. The van der Waals surface area contributed by atoms with E-state index in [4.69, 9.17) is 20.2 Å². The number of thiophene rings is 1. The molecule has 4 aromatic rings. The second-order valence-electron chi connectivity index (χ2n) is 12.1. The van der Waals surface area contributed by atoms with Crippen molar-refractivity contribution in [3.63, 3.8) is 0 Å². The van der Waals surface area contributed by atoms with Gasteiger partial charge >= 0.3 is 6.01 Å². The first-order valence-corrected chi connectivity index (χ1v) is 15.4. The van der Waals surface area contributed by atoms with E-state index in [0.29, 0.717) is 50.6 Å². The van der Waals surface area contributed by atoms with Gasteiger partial charge in [0.1, 0.15) is 24.7 Å². The Morgan fingerprint density at radius 3 is 2.88 bits per heavy atom. The van der Waals surface area contributed by atoms with Gasteiger partial charge in [-0.05, 0) is 49.4 Å². The number of hydrogen-bond donors (Lipinski definition) is 1. The van der Waals surface area contributed by atoms with Crippen LogP contribution >= 0.6 is 11.3 Å². The number of anilines is 2. The van der Waals surface area contributed by atoms with Crippen LogP contribution in [0.1, 0.15) is 44.9 Å². The number of nitrogen functional groups attached to an aromatic ring is 1. The first-order valence-electron chi connectivity index (χ1n) is 14.6. The van der Waals surface area contributed by atoms with Gasteiger partial charge in [0.2, 0.25) is 0 Å². The zero-order chi connectivity index (χ0) is 28.7. The maximum Gasteiger partial charge on any atom is 0.316 e. The Morgan fingerprint density at radius 1 is 1.19 bits per heavy atom. The van der Waals surface area contributed by atoms with E-state index >= 15 is 4.39 Å². The molecule has 2 aromatic carbocycles. The molecule has 0 amide bonds.